The first-order valence-corrected chi connectivity index (χ1v) is 6.04. The Balaban J connectivity index is 2.26. The van der Waals surface area contributed by atoms with Crippen LogP contribution in [0.15, 0.2) is 18.5 Å². The number of benzene rings is 1. The second-order valence-corrected chi connectivity index (χ2v) is 4.44. The van der Waals surface area contributed by atoms with Gasteiger partial charge in [0, 0.05) is 6.07 Å². The molecule has 0 radical (unpaired) electrons. The first-order valence-electron chi connectivity index (χ1n) is 6.04. The molecule has 0 bridgehead atoms. The van der Waals surface area contributed by atoms with Crippen LogP contribution < -0.4 is 5.32 Å². The monoisotopic (exact) mass is 332 g/mol. The number of nitrogens with one attached hydrogen (secondary N) is 1. The molecule has 0 aliphatic rings. The highest BCUT2D eigenvalue weighted by molar-refractivity contribution is 5.93. The standard InChI is InChI=1S/C12H8F4N4O3/c1-5(19-4-6(3-17-19)20(22)23)12(21)18-11-9(15)7(13)2-8(14)10(11)16/h2-5H,1H3,(H,18,21)/t5-/m0/s1. The van der Waals surface area contributed by atoms with Gasteiger partial charge in [0.1, 0.15) is 24.1 Å². The van der Waals surface area contributed by atoms with E-state index in [0.29, 0.717) is 0 Å². The number of rotatable bonds is 4. The lowest BCUT2D eigenvalue weighted by Crippen LogP contribution is -2.25. The summed E-state index contributed by atoms with van der Waals surface area (Å²) in [6, 6.07) is -1.23. The quantitative estimate of drug-likeness (QED) is 0.403. The molecule has 2 rings (SSSR count). The number of halogens is 4. The van der Waals surface area contributed by atoms with Crippen LogP contribution in [0.25, 0.3) is 0 Å². The van der Waals surface area contributed by atoms with Gasteiger partial charge in [-0.05, 0) is 6.92 Å². The Bertz CT molecular complexity index is 767. The number of aromatic nitrogens is 2. The van der Waals surface area contributed by atoms with Crippen molar-refractivity contribution in [3.63, 3.8) is 0 Å². The summed E-state index contributed by atoms with van der Waals surface area (Å²) in [4.78, 5) is 21.7. The lowest BCUT2D eigenvalue weighted by molar-refractivity contribution is -0.385. The predicted octanol–water partition coefficient (Wildman–Crippen LogP) is 2.55. The largest absolute Gasteiger partial charge is 0.319 e. The molecule has 1 amide bonds. The van der Waals surface area contributed by atoms with Gasteiger partial charge in [0.05, 0.1) is 4.92 Å². The van der Waals surface area contributed by atoms with E-state index in [1.54, 1.807) is 5.32 Å². The third-order valence-corrected chi connectivity index (χ3v) is 2.93. The molecule has 0 aliphatic carbocycles. The smallest absolute Gasteiger partial charge is 0.307 e. The van der Waals surface area contributed by atoms with Crippen molar-refractivity contribution in [1.82, 2.24) is 9.78 Å². The molecular formula is C12H8F4N4O3. The van der Waals surface area contributed by atoms with Gasteiger partial charge < -0.3 is 5.32 Å². The first kappa shape index (κ1) is 16.4. The maximum Gasteiger partial charge on any atom is 0.307 e. The Morgan fingerprint density at radius 2 is 1.87 bits per heavy atom. The van der Waals surface area contributed by atoms with E-state index in [0.717, 1.165) is 17.1 Å². The average molecular weight is 332 g/mol. The Morgan fingerprint density at radius 1 is 1.30 bits per heavy atom. The Kier molecular flexibility index (Phi) is 4.29. The molecule has 0 saturated heterocycles. The number of hydrogen-bond acceptors (Lipinski definition) is 4. The normalized spacial score (nSPS) is 12.0. The van der Waals surface area contributed by atoms with E-state index in [-0.39, 0.29) is 6.07 Å². The van der Waals surface area contributed by atoms with Gasteiger partial charge in [-0.2, -0.15) is 5.10 Å². The third kappa shape index (κ3) is 3.12. The number of anilines is 1. The van der Waals surface area contributed by atoms with E-state index >= 15 is 0 Å². The number of carbonyl (C=O) groups excluding carboxylic acids is 1. The van der Waals surface area contributed by atoms with Crippen LogP contribution in [0.2, 0.25) is 0 Å². The summed E-state index contributed by atoms with van der Waals surface area (Å²) in [6.07, 6.45) is 1.79. The number of hydrogen-bond donors (Lipinski definition) is 1. The fourth-order valence-electron chi connectivity index (χ4n) is 1.66. The molecule has 0 spiro atoms. The lowest BCUT2D eigenvalue weighted by atomic mass is 10.2. The van der Waals surface area contributed by atoms with Gasteiger partial charge in [-0.15, -0.1) is 0 Å². The van der Waals surface area contributed by atoms with Crippen molar-refractivity contribution in [2.75, 3.05) is 5.32 Å². The predicted molar refractivity (Wildman–Crippen MR) is 68.5 cm³/mol. The third-order valence-electron chi connectivity index (χ3n) is 2.93. The molecule has 11 heteroatoms. The van der Waals surface area contributed by atoms with Gasteiger partial charge >= 0.3 is 5.69 Å². The van der Waals surface area contributed by atoms with Crippen molar-refractivity contribution in [3.05, 3.63) is 51.8 Å². The Hall–Kier alpha value is -2.98. The molecule has 1 aromatic carbocycles. The summed E-state index contributed by atoms with van der Waals surface area (Å²) < 4.78 is 53.9. The lowest BCUT2D eigenvalue weighted by Gasteiger charge is -2.13. The molecule has 0 saturated carbocycles. The number of nitrogens with zero attached hydrogens (tertiary/aromatic N) is 3. The topological polar surface area (TPSA) is 90.1 Å². The summed E-state index contributed by atoms with van der Waals surface area (Å²) in [5, 5.41) is 15.8. The van der Waals surface area contributed by atoms with Crippen molar-refractivity contribution in [2.24, 2.45) is 0 Å². The average Bonchev–Trinajstić information content (AvgIpc) is 2.98. The van der Waals surface area contributed by atoms with Crippen LogP contribution in [0.5, 0.6) is 0 Å². The van der Waals surface area contributed by atoms with Crippen molar-refractivity contribution in [1.29, 1.82) is 0 Å². The molecule has 1 aromatic heterocycles. The summed E-state index contributed by atoms with van der Waals surface area (Å²) in [5.74, 6) is -7.97. The molecule has 122 valence electrons. The highest BCUT2D eigenvalue weighted by Crippen LogP contribution is 2.25. The molecular weight excluding hydrogens is 324 g/mol. The van der Waals surface area contributed by atoms with Crippen LogP contribution in [0.1, 0.15) is 13.0 Å². The fourth-order valence-corrected chi connectivity index (χ4v) is 1.66. The van der Waals surface area contributed by atoms with Gasteiger partial charge in [0.15, 0.2) is 23.3 Å². The van der Waals surface area contributed by atoms with Crippen LogP contribution in [0.4, 0.5) is 28.9 Å². The van der Waals surface area contributed by atoms with Gasteiger partial charge in [-0.1, -0.05) is 0 Å². The summed E-state index contributed by atoms with van der Waals surface area (Å²) in [5.41, 5.74) is -1.69. The van der Waals surface area contributed by atoms with Gasteiger partial charge in [0.25, 0.3) is 0 Å². The van der Waals surface area contributed by atoms with Crippen LogP contribution in [0.3, 0.4) is 0 Å². The first-order chi connectivity index (χ1) is 10.7. The van der Waals surface area contributed by atoms with E-state index < -0.39 is 51.5 Å². The Labute approximate surface area is 125 Å². The maximum atomic E-state index is 13.5. The zero-order valence-corrected chi connectivity index (χ0v) is 11.4. The van der Waals surface area contributed by atoms with Gasteiger partial charge in [-0.3, -0.25) is 19.6 Å². The highest BCUT2D eigenvalue weighted by Gasteiger charge is 2.24. The van der Waals surface area contributed by atoms with E-state index in [4.69, 9.17) is 0 Å². The Morgan fingerprint density at radius 3 is 2.35 bits per heavy atom. The van der Waals surface area contributed by atoms with E-state index in [2.05, 4.69) is 5.10 Å². The number of nitro groups is 1. The zero-order chi connectivity index (χ0) is 17.3. The van der Waals surface area contributed by atoms with E-state index in [9.17, 15) is 32.5 Å². The maximum absolute atomic E-state index is 13.5. The zero-order valence-electron chi connectivity index (χ0n) is 11.4. The second kappa shape index (κ2) is 6.02. The summed E-state index contributed by atoms with van der Waals surface area (Å²) >= 11 is 0. The number of amides is 1. The van der Waals surface area contributed by atoms with Crippen molar-refractivity contribution in [2.45, 2.75) is 13.0 Å². The SMILES string of the molecule is C[C@@H](C(=O)Nc1c(F)c(F)cc(F)c1F)n1cc([N+](=O)[O-])cn1. The molecule has 1 N–H and O–H groups in total. The van der Waals surface area contributed by atoms with Crippen LogP contribution in [-0.2, 0) is 4.79 Å². The van der Waals surface area contributed by atoms with Crippen molar-refractivity contribution < 1.29 is 27.3 Å². The van der Waals surface area contributed by atoms with Crippen LogP contribution >= 0.6 is 0 Å². The van der Waals surface area contributed by atoms with E-state index in [1.807, 2.05) is 0 Å². The molecule has 1 atom stereocenters. The number of carbonyl (C=O) groups is 1. The summed E-state index contributed by atoms with van der Waals surface area (Å²) in [6.45, 7) is 1.22. The summed E-state index contributed by atoms with van der Waals surface area (Å²) in [7, 11) is 0. The fraction of sp³-hybridized carbons (Fsp3) is 0.167. The minimum Gasteiger partial charge on any atom is -0.319 e. The molecule has 0 unspecified atom stereocenters. The van der Waals surface area contributed by atoms with Crippen LogP contribution in [0, 0.1) is 33.4 Å². The molecule has 2 aromatic rings. The van der Waals surface area contributed by atoms with Crippen LogP contribution in [-0.4, -0.2) is 20.6 Å². The van der Waals surface area contributed by atoms with Crippen molar-refractivity contribution in [3.8, 4) is 0 Å². The van der Waals surface area contributed by atoms with E-state index in [1.165, 1.54) is 6.92 Å². The molecule has 23 heavy (non-hydrogen) atoms. The van der Waals surface area contributed by atoms with Gasteiger partial charge in [-0.25, -0.2) is 17.6 Å². The highest BCUT2D eigenvalue weighted by atomic mass is 19.2. The molecule has 0 fully saturated rings. The second-order valence-electron chi connectivity index (χ2n) is 4.44. The molecule has 1 heterocycles. The molecule has 0 aliphatic heterocycles. The minimum absolute atomic E-state index is 0.000608. The van der Waals surface area contributed by atoms with Gasteiger partial charge in [0.2, 0.25) is 5.91 Å². The minimum atomic E-state index is -1.77. The van der Waals surface area contributed by atoms with Crippen molar-refractivity contribution >= 4 is 17.3 Å². The molecule has 7 nitrogen and oxygen atoms in total.